The Balaban J connectivity index is 1.69. The largest absolute Gasteiger partial charge is 0.257 e. The van der Waals surface area contributed by atoms with E-state index in [1.54, 1.807) is 18.0 Å². The number of H-pyrrole nitrogens is 1. The molecule has 100 valence electrons. The van der Waals surface area contributed by atoms with Gasteiger partial charge in [-0.15, -0.1) is 5.10 Å². The topological polar surface area (TPSA) is 54.5 Å². The summed E-state index contributed by atoms with van der Waals surface area (Å²) < 4.78 is 1.08. The lowest BCUT2D eigenvalue weighted by Crippen LogP contribution is -1.84. The highest BCUT2D eigenvalue weighted by molar-refractivity contribution is 9.10. The van der Waals surface area contributed by atoms with Gasteiger partial charge < -0.3 is 0 Å². The van der Waals surface area contributed by atoms with Crippen LogP contribution in [0.3, 0.4) is 0 Å². The van der Waals surface area contributed by atoms with Gasteiger partial charge in [-0.05, 0) is 29.8 Å². The minimum atomic E-state index is 0.697. The predicted molar refractivity (Wildman–Crippen MR) is 83.3 cm³/mol. The van der Waals surface area contributed by atoms with Crippen LogP contribution in [0, 0.1) is 0 Å². The van der Waals surface area contributed by atoms with Gasteiger partial charge in [0, 0.05) is 16.4 Å². The lowest BCUT2D eigenvalue weighted by Gasteiger charge is -1.98. The molecule has 20 heavy (non-hydrogen) atoms. The highest BCUT2D eigenvalue weighted by Crippen LogP contribution is 2.22. The van der Waals surface area contributed by atoms with E-state index in [0.29, 0.717) is 5.82 Å². The first kappa shape index (κ1) is 13.3. The molecule has 4 nitrogen and oxygen atoms in total. The lowest BCUT2D eigenvalue weighted by molar-refractivity contribution is 0.973. The number of benzene rings is 1. The zero-order valence-corrected chi connectivity index (χ0v) is 12.9. The third-order valence-electron chi connectivity index (χ3n) is 2.63. The van der Waals surface area contributed by atoms with Crippen molar-refractivity contribution in [2.45, 2.75) is 10.9 Å². The standard InChI is InChI=1S/C14H11BrN4S/c15-11-5-3-4-10(8-11)9-20-14-17-13(18-19-14)12-6-1-2-7-16-12/h1-8H,9H2,(H,17,18,19). The van der Waals surface area contributed by atoms with Crippen molar-refractivity contribution in [3.05, 3.63) is 58.7 Å². The Kier molecular flexibility index (Phi) is 4.13. The molecule has 0 spiro atoms. The minimum Gasteiger partial charge on any atom is -0.257 e. The highest BCUT2D eigenvalue weighted by Gasteiger charge is 2.07. The van der Waals surface area contributed by atoms with Crippen LogP contribution in [0.25, 0.3) is 11.5 Å². The number of hydrogen-bond donors (Lipinski definition) is 1. The molecular formula is C14H11BrN4S. The molecule has 0 saturated carbocycles. The Bertz CT molecular complexity index is 699. The van der Waals surface area contributed by atoms with Crippen molar-refractivity contribution in [3.63, 3.8) is 0 Å². The summed E-state index contributed by atoms with van der Waals surface area (Å²) in [5, 5.41) is 7.85. The number of pyridine rings is 1. The van der Waals surface area contributed by atoms with Crippen molar-refractivity contribution >= 4 is 27.7 Å². The molecule has 0 aliphatic heterocycles. The van der Waals surface area contributed by atoms with Crippen LogP contribution in [0.5, 0.6) is 0 Å². The normalized spacial score (nSPS) is 10.7. The Labute approximate surface area is 129 Å². The summed E-state index contributed by atoms with van der Waals surface area (Å²) in [4.78, 5) is 8.68. The molecule has 2 aromatic heterocycles. The molecule has 0 atom stereocenters. The summed E-state index contributed by atoms with van der Waals surface area (Å²) in [6.07, 6.45) is 1.74. The van der Waals surface area contributed by atoms with Gasteiger partial charge in [-0.25, -0.2) is 0 Å². The number of nitrogens with one attached hydrogen (secondary N) is 1. The van der Waals surface area contributed by atoms with E-state index in [-0.39, 0.29) is 0 Å². The van der Waals surface area contributed by atoms with Gasteiger partial charge in [0.15, 0.2) is 5.82 Å². The molecule has 2 heterocycles. The third kappa shape index (κ3) is 3.26. The van der Waals surface area contributed by atoms with Crippen LogP contribution < -0.4 is 0 Å². The number of rotatable bonds is 4. The summed E-state index contributed by atoms with van der Waals surface area (Å²) in [6.45, 7) is 0. The van der Waals surface area contributed by atoms with E-state index in [1.165, 1.54) is 5.56 Å². The number of nitrogens with zero attached hydrogens (tertiary/aromatic N) is 3. The Hall–Kier alpha value is -1.66. The average Bonchev–Trinajstić information content (AvgIpc) is 2.95. The van der Waals surface area contributed by atoms with E-state index < -0.39 is 0 Å². The van der Waals surface area contributed by atoms with Gasteiger partial charge in [-0.3, -0.25) is 10.1 Å². The fourth-order valence-corrected chi connectivity index (χ4v) is 2.89. The first-order valence-corrected chi connectivity index (χ1v) is 7.80. The summed E-state index contributed by atoms with van der Waals surface area (Å²) in [5.74, 6) is 1.53. The highest BCUT2D eigenvalue weighted by atomic mass is 79.9. The molecule has 0 unspecified atom stereocenters. The molecule has 3 rings (SSSR count). The van der Waals surface area contributed by atoms with Gasteiger partial charge in [-0.2, -0.15) is 4.98 Å². The van der Waals surface area contributed by atoms with Crippen LogP contribution in [-0.2, 0) is 5.75 Å². The SMILES string of the molecule is Brc1cccc(CSc2n[nH]c(-c3ccccn3)n2)c1. The van der Waals surface area contributed by atoms with E-state index in [1.807, 2.05) is 30.3 Å². The van der Waals surface area contributed by atoms with Crippen LogP contribution >= 0.6 is 27.7 Å². The van der Waals surface area contributed by atoms with Crippen LogP contribution in [0.2, 0.25) is 0 Å². The molecule has 0 radical (unpaired) electrons. The fraction of sp³-hybridized carbons (Fsp3) is 0.0714. The van der Waals surface area contributed by atoms with Crippen molar-refractivity contribution in [2.75, 3.05) is 0 Å². The van der Waals surface area contributed by atoms with Gasteiger partial charge in [0.2, 0.25) is 5.16 Å². The van der Waals surface area contributed by atoms with Crippen LogP contribution in [0.4, 0.5) is 0 Å². The maximum absolute atomic E-state index is 4.44. The summed E-state index contributed by atoms with van der Waals surface area (Å²) in [6, 6.07) is 13.9. The number of hydrogen-bond acceptors (Lipinski definition) is 4. The third-order valence-corrected chi connectivity index (χ3v) is 4.04. The van der Waals surface area contributed by atoms with Crippen molar-refractivity contribution in [1.29, 1.82) is 0 Å². The Morgan fingerprint density at radius 2 is 2.10 bits per heavy atom. The average molecular weight is 347 g/mol. The summed E-state index contributed by atoms with van der Waals surface area (Å²) in [5.41, 5.74) is 2.03. The molecule has 0 amide bonds. The number of thioether (sulfide) groups is 1. The number of aromatic amines is 1. The van der Waals surface area contributed by atoms with Gasteiger partial charge in [0.05, 0.1) is 0 Å². The molecule has 1 aromatic carbocycles. The van der Waals surface area contributed by atoms with Crippen LogP contribution in [0.15, 0.2) is 58.3 Å². The number of aromatic nitrogens is 4. The second kappa shape index (κ2) is 6.19. The quantitative estimate of drug-likeness (QED) is 0.727. The fourth-order valence-electron chi connectivity index (χ4n) is 1.70. The molecule has 0 bridgehead atoms. The first-order chi connectivity index (χ1) is 9.81. The molecular weight excluding hydrogens is 336 g/mol. The maximum atomic E-state index is 4.44. The van der Waals surface area contributed by atoms with Gasteiger partial charge in [0.1, 0.15) is 5.69 Å². The second-order valence-corrected chi connectivity index (χ2v) is 5.96. The molecule has 0 saturated heterocycles. The number of halogens is 1. The van der Waals surface area contributed by atoms with Crippen LogP contribution in [0.1, 0.15) is 5.56 Å². The minimum absolute atomic E-state index is 0.697. The van der Waals surface area contributed by atoms with E-state index >= 15 is 0 Å². The zero-order chi connectivity index (χ0) is 13.8. The molecule has 0 aliphatic rings. The molecule has 0 fully saturated rings. The van der Waals surface area contributed by atoms with Crippen molar-refractivity contribution in [2.24, 2.45) is 0 Å². The van der Waals surface area contributed by atoms with Crippen LogP contribution in [-0.4, -0.2) is 20.2 Å². The van der Waals surface area contributed by atoms with E-state index in [9.17, 15) is 0 Å². The lowest BCUT2D eigenvalue weighted by atomic mass is 10.2. The predicted octanol–water partition coefficient (Wildman–Crippen LogP) is 3.92. The van der Waals surface area contributed by atoms with Gasteiger partial charge in [-0.1, -0.05) is 45.9 Å². The molecule has 6 heteroatoms. The zero-order valence-electron chi connectivity index (χ0n) is 10.5. The Morgan fingerprint density at radius 3 is 2.90 bits per heavy atom. The van der Waals surface area contributed by atoms with Crippen molar-refractivity contribution < 1.29 is 0 Å². The van der Waals surface area contributed by atoms with E-state index in [2.05, 4.69) is 48.2 Å². The van der Waals surface area contributed by atoms with Gasteiger partial charge >= 0.3 is 0 Å². The Morgan fingerprint density at radius 1 is 1.15 bits per heavy atom. The monoisotopic (exact) mass is 346 g/mol. The summed E-state index contributed by atoms with van der Waals surface area (Å²) in [7, 11) is 0. The summed E-state index contributed by atoms with van der Waals surface area (Å²) >= 11 is 5.06. The van der Waals surface area contributed by atoms with E-state index in [4.69, 9.17) is 0 Å². The first-order valence-electron chi connectivity index (χ1n) is 6.02. The van der Waals surface area contributed by atoms with Crippen molar-refractivity contribution in [1.82, 2.24) is 20.2 Å². The van der Waals surface area contributed by atoms with Crippen molar-refractivity contribution in [3.8, 4) is 11.5 Å². The van der Waals surface area contributed by atoms with Gasteiger partial charge in [0.25, 0.3) is 0 Å². The second-order valence-electron chi connectivity index (χ2n) is 4.10. The molecule has 1 N–H and O–H groups in total. The molecule has 3 aromatic rings. The molecule has 0 aliphatic carbocycles. The smallest absolute Gasteiger partial charge is 0.209 e. The van der Waals surface area contributed by atoms with E-state index in [0.717, 1.165) is 21.1 Å². The maximum Gasteiger partial charge on any atom is 0.209 e.